The van der Waals surface area contributed by atoms with Crippen molar-refractivity contribution in [2.45, 2.75) is 6.92 Å². The zero-order valence-corrected chi connectivity index (χ0v) is 15.3. The minimum atomic E-state index is 0.394. The third-order valence-corrected chi connectivity index (χ3v) is 4.11. The fraction of sp³-hybridized carbons (Fsp3) is 0.150. The predicted octanol–water partition coefficient (Wildman–Crippen LogP) is 5.40. The first-order valence-electron chi connectivity index (χ1n) is 7.39. The van der Waals surface area contributed by atoms with Crippen molar-refractivity contribution in [2.75, 3.05) is 13.7 Å². The lowest BCUT2D eigenvalue weighted by Crippen LogP contribution is -1.97. The van der Waals surface area contributed by atoms with Crippen LogP contribution in [0.1, 0.15) is 16.7 Å². The van der Waals surface area contributed by atoms with Crippen LogP contribution in [0.15, 0.2) is 53.5 Å². The minimum Gasteiger partial charge on any atom is -0.493 e. The van der Waals surface area contributed by atoms with Crippen LogP contribution in [0.3, 0.4) is 0 Å². The molecule has 0 aliphatic rings. The number of benzene rings is 2. The first-order chi connectivity index (χ1) is 11.6. The Morgan fingerprint density at radius 2 is 1.96 bits per heavy atom. The Hall–Kier alpha value is -2.51. The number of methoxy groups -OCH3 is 1. The number of ether oxygens (including phenoxy) is 2. The molecule has 0 fully saturated rings. The van der Waals surface area contributed by atoms with E-state index in [1.54, 1.807) is 13.2 Å². The van der Waals surface area contributed by atoms with Gasteiger partial charge in [0.1, 0.15) is 6.61 Å². The van der Waals surface area contributed by atoms with Crippen LogP contribution >= 0.6 is 15.9 Å². The summed E-state index contributed by atoms with van der Waals surface area (Å²) in [5.41, 5.74) is 3.45. The van der Waals surface area contributed by atoms with Crippen LogP contribution in [0.5, 0.6) is 11.5 Å². The summed E-state index contributed by atoms with van der Waals surface area (Å²) in [6, 6.07) is 13.8. The largest absolute Gasteiger partial charge is 0.493 e. The van der Waals surface area contributed by atoms with Crippen molar-refractivity contribution in [3.05, 3.63) is 70.2 Å². The van der Waals surface area contributed by atoms with Gasteiger partial charge in [0.25, 0.3) is 0 Å². The molecule has 0 spiro atoms. The van der Waals surface area contributed by atoms with Gasteiger partial charge in [-0.2, -0.15) is 5.26 Å². The average molecular weight is 384 g/mol. The Bertz CT molecular complexity index is 802. The van der Waals surface area contributed by atoms with Gasteiger partial charge in [-0.3, -0.25) is 0 Å². The second-order valence-electron chi connectivity index (χ2n) is 5.16. The van der Waals surface area contributed by atoms with E-state index in [0.717, 1.165) is 21.2 Å². The number of allylic oxidation sites excluding steroid dienone is 1. The van der Waals surface area contributed by atoms with Crippen molar-refractivity contribution in [1.82, 2.24) is 0 Å². The standard InChI is InChI=1S/C20H18BrNO2/c1-4-9-24-20-12-18(21)16(11-19(20)23-3)10-17(13-22)15-7-5-14(2)6-8-15/h4-8,10-12H,1,9H2,2-3H3/b17-10-. The molecule has 122 valence electrons. The second kappa shape index (κ2) is 8.37. The molecule has 2 aromatic carbocycles. The molecule has 0 aliphatic heterocycles. The van der Waals surface area contributed by atoms with E-state index in [4.69, 9.17) is 9.47 Å². The molecule has 0 aromatic heterocycles. The van der Waals surface area contributed by atoms with Crippen LogP contribution in [0, 0.1) is 18.3 Å². The van der Waals surface area contributed by atoms with Crippen molar-refractivity contribution in [1.29, 1.82) is 5.26 Å². The van der Waals surface area contributed by atoms with Gasteiger partial charge in [0.2, 0.25) is 0 Å². The quantitative estimate of drug-likeness (QED) is 0.381. The number of nitriles is 1. The molecule has 0 unspecified atom stereocenters. The third kappa shape index (κ3) is 4.27. The van der Waals surface area contributed by atoms with Gasteiger partial charge < -0.3 is 9.47 Å². The second-order valence-corrected chi connectivity index (χ2v) is 6.01. The molecule has 0 atom stereocenters. The minimum absolute atomic E-state index is 0.394. The van der Waals surface area contributed by atoms with E-state index >= 15 is 0 Å². The van der Waals surface area contributed by atoms with E-state index in [-0.39, 0.29) is 0 Å². The Kier molecular flexibility index (Phi) is 6.22. The molecular formula is C20H18BrNO2. The summed E-state index contributed by atoms with van der Waals surface area (Å²) in [6.45, 7) is 6.05. The van der Waals surface area contributed by atoms with Gasteiger partial charge in [-0.25, -0.2) is 0 Å². The van der Waals surface area contributed by atoms with Gasteiger partial charge in [0, 0.05) is 4.47 Å². The summed E-state index contributed by atoms with van der Waals surface area (Å²) < 4.78 is 11.8. The van der Waals surface area contributed by atoms with E-state index in [2.05, 4.69) is 28.6 Å². The smallest absolute Gasteiger partial charge is 0.162 e. The zero-order chi connectivity index (χ0) is 17.5. The number of halogens is 1. The van der Waals surface area contributed by atoms with Gasteiger partial charge >= 0.3 is 0 Å². The SMILES string of the molecule is C=CCOc1cc(Br)c(/C=C(/C#N)c2ccc(C)cc2)cc1OC. The lowest BCUT2D eigenvalue weighted by atomic mass is 10.0. The molecular weight excluding hydrogens is 366 g/mol. The lowest BCUT2D eigenvalue weighted by molar-refractivity contribution is 0.326. The maximum absolute atomic E-state index is 9.50. The molecule has 0 amide bonds. The first kappa shape index (κ1) is 17.8. The highest BCUT2D eigenvalue weighted by Gasteiger charge is 2.10. The summed E-state index contributed by atoms with van der Waals surface area (Å²) in [4.78, 5) is 0. The predicted molar refractivity (Wildman–Crippen MR) is 101 cm³/mol. The zero-order valence-electron chi connectivity index (χ0n) is 13.7. The summed E-state index contributed by atoms with van der Waals surface area (Å²) >= 11 is 3.53. The first-order valence-corrected chi connectivity index (χ1v) is 8.18. The van der Waals surface area contributed by atoms with E-state index in [1.165, 1.54) is 0 Å². The van der Waals surface area contributed by atoms with Gasteiger partial charge in [-0.15, -0.1) is 0 Å². The molecule has 4 heteroatoms. The highest BCUT2D eigenvalue weighted by molar-refractivity contribution is 9.10. The lowest BCUT2D eigenvalue weighted by Gasteiger charge is -2.12. The number of hydrogen-bond donors (Lipinski definition) is 0. The van der Waals surface area contributed by atoms with Crippen LogP contribution in [0.2, 0.25) is 0 Å². The Balaban J connectivity index is 2.44. The fourth-order valence-electron chi connectivity index (χ4n) is 2.15. The Labute approximate surface area is 151 Å². The van der Waals surface area contributed by atoms with Crippen molar-refractivity contribution in [3.8, 4) is 17.6 Å². The molecule has 0 bridgehead atoms. The molecule has 0 N–H and O–H groups in total. The topological polar surface area (TPSA) is 42.2 Å². The molecule has 0 heterocycles. The van der Waals surface area contributed by atoms with Crippen molar-refractivity contribution in [3.63, 3.8) is 0 Å². The highest BCUT2D eigenvalue weighted by atomic mass is 79.9. The van der Waals surface area contributed by atoms with E-state index in [9.17, 15) is 5.26 Å². The molecule has 0 saturated carbocycles. The molecule has 0 aliphatic carbocycles. The van der Waals surface area contributed by atoms with Crippen LogP contribution in [-0.2, 0) is 0 Å². The molecule has 0 saturated heterocycles. The maximum atomic E-state index is 9.50. The van der Waals surface area contributed by atoms with E-state index < -0.39 is 0 Å². The number of rotatable bonds is 6. The molecule has 2 aromatic rings. The van der Waals surface area contributed by atoms with Gasteiger partial charge in [0.05, 0.1) is 18.8 Å². The molecule has 24 heavy (non-hydrogen) atoms. The van der Waals surface area contributed by atoms with E-state index in [1.807, 2.05) is 49.4 Å². The molecule has 2 rings (SSSR count). The average Bonchev–Trinajstić information content (AvgIpc) is 2.60. The molecule has 3 nitrogen and oxygen atoms in total. The Morgan fingerprint density at radius 3 is 2.54 bits per heavy atom. The number of aryl methyl sites for hydroxylation is 1. The highest BCUT2D eigenvalue weighted by Crippen LogP contribution is 2.35. The van der Waals surface area contributed by atoms with Crippen LogP contribution in [-0.4, -0.2) is 13.7 Å². The van der Waals surface area contributed by atoms with Crippen molar-refractivity contribution in [2.24, 2.45) is 0 Å². The van der Waals surface area contributed by atoms with E-state index in [0.29, 0.717) is 23.7 Å². The number of nitrogens with zero attached hydrogens (tertiary/aromatic N) is 1. The fourth-order valence-corrected chi connectivity index (χ4v) is 2.59. The van der Waals surface area contributed by atoms with Crippen LogP contribution in [0.25, 0.3) is 11.6 Å². The van der Waals surface area contributed by atoms with Crippen molar-refractivity contribution < 1.29 is 9.47 Å². The number of hydrogen-bond acceptors (Lipinski definition) is 3. The maximum Gasteiger partial charge on any atom is 0.162 e. The van der Waals surface area contributed by atoms with Crippen LogP contribution < -0.4 is 9.47 Å². The van der Waals surface area contributed by atoms with Gasteiger partial charge in [0.15, 0.2) is 11.5 Å². The summed E-state index contributed by atoms with van der Waals surface area (Å²) in [7, 11) is 1.59. The van der Waals surface area contributed by atoms with Crippen molar-refractivity contribution >= 4 is 27.6 Å². The van der Waals surface area contributed by atoms with Crippen LogP contribution in [0.4, 0.5) is 0 Å². The van der Waals surface area contributed by atoms with Gasteiger partial charge in [-0.05, 0) is 36.3 Å². The summed E-state index contributed by atoms with van der Waals surface area (Å²) in [5, 5.41) is 9.50. The third-order valence-electron chi connectivity index (χ3n) is 3.42. The van der Waals surface area contributed by atoms with Gasteiger partial charge in [-0.1, -0.05) is 58.4 Å². The summed E-state index contributed by atoms with van der Waals surface area (Å²) in [5.74, 6) is 1.22. The monoisotopic (exact) mass is 383 g/mol. The normalized spacial score (nSPS) is 10.8. The Morgan fingerprint density at radius 1 is 1.25 bits per heavy atom. The molecule has 0 radical (unpaired) electrons. The summed E-state index contributed by atoms with van der Waals surface area (Å²) in [6.07, 6.45) is 3.50.